The number of methoxy groups -OCH3 is 1. The molecule has 1 aliphatic rings. The highest BCUT2D eigenvalue weighted by Crippen LogP contribution is 2.31. The van der Waals surface area contributed by atoms with Crippen LogP contribution in [0.3, 0.4) is 0 Å². The number of fused-ring (bicyclic) bond motifs is 1. The number of amides is 2. The van der Waals surface area contributed by atoms with Crippen molar-refractivity contribution >= 4 is 35.1 Å². The molecule has 0 bridgehead atoms. The Balaban J connectivity index is 1.78. The molecule has 1 aliphatic heterocycles. The summed E-state index contributed by atoms with van der Waals surface area (Å²) in [6.07, 6.45) is -0.0837. The fraction of sp³-hybridized carbons (Fsp3) is 0.250. The molecule has 2 aromatic rings. The number of anilines is 1. The van der Waals surface area contributed by atoms with E-state index in [4.69, 9.17) is 21.1 Å². The van der Waals surface area contributed by atoms with Crippen molar-refractivity contribution in [1.82, 2.24) is 5.32 Å². The SMILES string of the molecule is COC(=O)CC(NC(=O)CN1C(=O)COc2ccccc21)c1ccccc1Cl. The van der Waals surface area contributed by atoms with Gasteiger partial charge >= 0.3 is 5.97 Å². The van der Waals surface area contributed by atoms with Crippen molar-refractivity contribution < 1.29 is 23.9 Å². The van der Waals surface area contributed by atoms with Crippen LogP contribution in [0, 0.1) is 0 Å². The lowest BCUT2D eigenvalue weighted by Gasteiger charge is -2.29. The summed E-state index contributed by atoms with van der Waals surface area (Å²) in [4.78, 5) is 38.1. The lowest BCUT2D eigenvalue weighted by atomic mass is 10.0. The van der Waals surface area contributed by atoms with E-state index >= 15 is 0 Å². The van der Waals surface area contributed by atoms with Gasteiger partial charge in [-0.05, 0) is 23.8 Å². The number of carbonyl (C=O) groups is 3. The second-order valence-corrected chi connectivity index (χ2v) is 6.57. The van der Waals surface area contributed by atoms with Gasteiger partial charge in [-0.25, -0.2) is 0 Å². The van der Waals surface area contributed by atoms with Gasteiger partial charge in [-0.15, -0.1) is 0 Å². The van der Waals surface area contributed by atoms with Gasteiger partial charge in [0.15, 0.2) is 6.61 Å². The van der Waals surface area contributed by atoms with E-state index in [-0.39, 0.29) is 25.5 Å². The van der Waals surface area contributed by atoms with Crippen molar-refractivity contribution in [3.8, 4) is 5.75 Å². The average molecular weight is 403 g/mol. The predicted molar refractivity (Wildman–Crippen MR) is 103 cm³/mol. The van der Waals surface area contributed by atoms with Crippen LogP contribution in [0.4, 0.5) is 5.69 Å². The second-order valence-electron chi connectivity index (χ2n) is 6.16. The number of rotatable bonds is 6. The third kappa shape index (κ3) is 4.43. The number of ether oxygens (including phenoxy) is 2. The van der Waals surface area contributed by atoms with Crippen LogP contribution >= 0.6 is 11.6 Å². The number of esters is 1. The lowest BCUT2D eigenvalue weighted by molar-refractivity contribution is -0.141. The standard InChI is InChI=1S/C20H19ClN2O5/c1-27-20(26)10-15(13-6-2-3-7-14(13)21)22-18(24)11-23-16-8-4-5-9-17(16)28-12-19(23)25/h2-9,15H,10-12H2,1H3,(H,22,24). The summed E-state index contributed by atoms with van der Waals surface area (Å²) >= 11 is 6.23. The summed E-state index contributed by atoms with van der Waals surface area (Å²) < 4.78 is 10.1. The van der Waals surface area contributed by atoms with Crippen molar-refractivity contribution in [2.75, 3.05) is 25.2 Å². The Morgan fingerprint density at radius 2 is 1.93 bits per heavy atom. The Bertz CT molecular complexity index is 902. The van der Waals surface area contributed by atoms with Gasteiger partial charge in [0.05, 0.1) is 25.3 Å². The summed E-state index contributed by atoms with van der Waals surface area (Å²) in [6, 6.07) is 13.2. The van der Waals surface area contributed by atoms with Gasteiger partial charge in [0.25, 0.3) is 5.91 Å². The molecule has 0 radical (unpaired) electrons. The molecule has 1 heterocycles. The van der Waals surface area contributed by atoms with E-state index in [2.05, 4.69) is 5.32 Å². The maximum absolute atomic E-state index is 12.7. The Morgan fingerprint density at radius 1 is 1.21 bits per heavy atom. The fourth-order valence-electron chi connectivity index (χ4n) is 2.96. The first kappa shape index (κ1) is 19.7. The Hall–Kier alpha value is -3.06. The molecular formula is C20H19ClN2O5. The number of para-hydroxylation sites is 2. The van der Waals surface area contributed by atoms with E-state index in [0.717, 1.165) is 0 Å². The number of hydrogen-bond acceptors (Lipinski definition) is 5. The lowest BCUT2D eigenvalue weighted by Crippen LogP contribution is -2.46. The van der Waals surface area contributed by atoms with Crippen LogP contribution in [-0.4, -0.2) is 38.0 Å². The zero-order valence-electron chi connectivity index (χ0n) is 15.2. The molecule has 0 aromatic heterocycles. The van der Waals surface area contributed by atoms with Crippen LogP contribution in [0.15, 0.2) is 48.5 Å². The maximum atomic E-state index is 12.7. The van der Waals surface area contributed by atoms with Crippen molar-refractivity contribution in [2.45, 2.75) is 12.5 Å². The summed E-state index contributed by atoms with van der Waals surface area (Å²) in [7, 11) is 1.27. The molecule has 0 fully saturated rings. The van der Waals surface area contributed by atoms with Crippen LogP contribution in [-0.2, 0) is 19.1 Å². The maximum Gasteiger partial charge on any atom is 0.307 e. The first-order valence-electron chi connectivity index (χ1n) is 8.62. The molecule has 0 saturated heterocycles. The van der Waals surface area contributed by atoms with E-state index in [1.165, 1.54) is 12.0 Å². The van der Waals surface area contributed by atoms with E-state index in [1.54, 1.807) is 48.5 Å². The summed E-state index contributed by atoms with van der Waals surface area (Å²) in [6.45, 7) is -0.346. The zero-order valence-corrected chi connectivity index (χ0v) is 15.9. The number of halogens is 1. The minimum absolute atomic E-state index is 0.0837. The molecule has 0 aliphatic carbocycles. The molecule has 2 amide bonds. The van der Waals surface area contributed by atoms with Gasteiger partial charge in [-0.1, -0.05) is 41.9 Å². The van der Waals surface area contributed by atoms with Gasteiger partial charge in [0.2, 0.25) is 5.91 Å². The first-order chi connectivity index (χ1) is 13.5. The van der Waals surface area contributed by atoms with Crippen LogP contribution in [0.5, 0.6) is 5.75 Å². The number of nitrogens with zero attached hydrogens (tertiary/aromatic N) is 1. The van der Waals surface area contributed by atoms with Gasteiger partial charge in [0.1, 0.15) is 12.3 Å². The Morgan fingerprint density at radius 3 is 2.68 bits per heavy atom. The molecule has 28 heavy (non-hydrogen) atoms. The Kier molecular flexibility index (Phi) is 6.16. The van der Waals surface area contributed by atoms with Gasteiger partial charge < -0.3 is 14.8 Å². The number of nitrogens with one attached hydrogen (secondary N) is 1. The first-order valence-corrected chi connectivity index (χ1v) is 9.00. The highest BCUT2D eigenvalue weighted by atomic mass is 35.5. The molecule has 1 N–H and O–H groups in total. The number of benzene rings is 2. The van der Waals surface area contributed by atoms with Crippen LogP contribution < -0.4 is 15.0 Å². The van der Waals surface area contributed by atoms with Crippen molar-refractivity contribution in [2.24, 2.45) is 0 Å². The van der Waals surface area contributed by atoms with Crippen LogP contribution in [0.25, 0.3) is 0 Å². The van der Waals surface area contributed by atoms with Crippen molar-refractivity contribution in [3.05, 3.63) is 59.1 Å². The monoisotopic (exact) mass is 402 g/mol. The molecule has 1 atom stereocenters. The molecule has 7 nitrogen and oxygen atoms in total. The van der Waals surface area contributed by atoms with Gasteiger partial charge in [0, 0.05) is 5.02 Å². The average Bonchev–Trinajstić information content (AvgIpc) is 2.70. The number of carbonyl (C=O) groups excluding carboxylic acids is 3. The topological polar surface area (TPSA) is 84.9 Å². The predicted octanol–water partition coefficient (Wildman–Crippen LogP) is 2.49. The van der Waals surface area contributed by atoms with E-state index in [1.807, 2.05) is 0 Å². The van der Waals surface area contributed by atoms with Crippen molar-refractivity contribution in [1.29, 1.82) is 0 Å². The van der Waals surface area contributed by atoms with Gasteiger partial charge in [-0.3, -0.25) is 19.3 Å². The van der Waals surface area contributed by atoms with E-state index in [0.29, 0.717) is 22.0 Å². The highest BCUT2D eigenvalue weighted by molar-refractivity contribution is 6.31. The molecule has 3 rings (SSSR count). The van der Waals surface area contributed by atoms with Crippen LogP contribution in [0.2, 0.25) is 5.02 Å². The third-order valence-electron chi connectivity index (χ3n) is 4.32. The van der Waals surface area contributed by atoms with Crippen LogP contribution in [0.1, 0.15) is 18.0 Å². The fourth-order valence-corrected chi connectivity index (χ4v) is 3.22. The highest BCUT2D eigenvalue weighted by Gasteiger charge is 2.28. The van der Waals surface area contributed by atoms with Crippen molar-refractivity contribution in [3.63, 3.8) is 0 Å². The Labute approximate surface area is 167 Å². The van der Waals surface area contributed by atoms with Gasteiger partial charge in [-0.2, -0.15) is 0 Å². The van der Waals surface area contributed by atoms with E-state index < -0.39 is 17.9 Å². The normalized spacial score (nSPS) is 13.9. The molecule has 0 spiro atoms. The third-order valence-corrected chi connectivity index (χ3v) is 4.67. The number of hydrogen-bond donors (Lipinski definition) is 1. The summed E-state index contributed by atoms with van der Waals surface area (Å²) in [5.74, 6) is -0.708. The summed E-state index contributed by atoms with van der Waals surface area (Å²) in [5.41, 5.74) is 1.12. The van der Waals surface area contributed by atoms with E-state index in [9.17, 15) is 14.4 Å². The minimum Gasteiger partial charge on any atom is -0.482 e. The second kappa shape index (κ2) is 8.75. The smallest absolute Gasteiger partial charge is 0.307 e. The minimum atomic E-state index is -0.681. The largest absolute Gasteiger partial charge is 0.482 e. The molecule has 2 aromatic carbocycles. The molecule has 146 valence electrons. The molecule has 0 saturated carbocycles. The summed E-state index contributed by atoms with van der Waals surface area (Å²) in [5, 5.41) is 3.20. The molecular weight excluding hydrogens is 384 g/mol. The zero-order chi connectivity index (χ0) is 20.1. The quantitative estimate of drug-likeness (QED) is 0.750. The molecule has 8 heteroatoms. The molecule has 1 unspecified atom stereocenters.